The first-order chi connectivity index (χ1) is 14.2. The van der Waals surface area contributed by atoms with E-state index in [-0.39, 0.29) is 23.1 Å². The fraction of sp³-hybridized carbons (Fsp3) is 0.211. The molecule has 1 amide bonds. The van der Waals surface area contributed by atoms with Gasteiger partial charge >= 0.3 is 0 Å². The molecule has 3 aromatic rings. The molecule has 0 radical (unpaired) electrons. The normalized spacial score (nSPS) is 10.9. The number of nitrogens with one attached hydrogen (secondary N) is 1. The Morgan fingerprint density at radius 1 is 0.900 bits per heavy atom. The van der Waals surface area contributed by atoms with Gasteiger partial charge in [0.05, 0.1) is 24.1 Å². The van der Waals surface area contributed by atoms with Gasteiger partial charge in [-0.3, -0.25) is 9.48 Å². The average molecular weight is 668 g/mol. The SMILES string of the molecule is O=C(NCCc1cc(Br)c(O)c(Br)c1)c1cn(CCc2cc(Br)c(O)c(Br)c2)nn1. The van der Waals surface area contributed by atoms with Gasteiger partial charge in [-0.15, -0.1) is 5.10 Å². The van der Waals surface area contributed by atoms with E-state index in [1.165, 1.54) is 0 Å². The maximum Gasteiger partial charge on any atom is 0.273 e. The van der Waals surface area contributed by atoms with E-state index in [1.54, 1.807) is 10.9 Å². The maximum absolute atomic E-state index is 12.3. The highest BCUT2D eigenvalue weighted by Gasteiger charge is 2.12. The van der Waals surface area contributed by atoms with Crippen LogP contribution in [0.5, 0.6) is 11.5 Å². The zero-order chi connectivity index (χ0) is 21.8. The predicted molar refractivity (Wildman–Crippen MR) is 127 cm³/mol. The molecule has 2 aromatic carbocycles. The molecule has 158 valence electrons. The Labute approximate surface area is 206 Å². The summed E-state index contributed by atoms with van der Waals surface area (Å²) in [6.07, 6.45) is 2.86. The number of carbonyl (C=O) groups is 1. The summed E-state index contributed by atoms with van der Waals surface area (Å²) >= 11 is 13.2. The standard InChI is InChI=1S/C19H16Br4N4O3/c20-12-5-10(6-13(21)17(12)28)1-3-24-19(30)16-9-27(26-25-16)4-2-11-7-14(22)18(29)15(23)8-11/h5-9,28-29H,1-4H2,(H,24,30). The average Bonchev–Trinajstić information content (AvgIpc) is 3.17. The van der Waals surface area contributed by atoms with Gasteiger partial charge in [-0.1, -0.05) is 5.21 Å². The van der Waals surface area contributed by atoms with E-state index < -0.39 is 0 Å². The Balaban J connectivity index is 1.52. The summed E-state index contributed by atoms with van der Waals surface area (Å²) in [5, 5.41) is 30.3. The number of aryl methyl sites for hydroxylation is 2. The summed E-state index contributed by atoms with van der Waals surface area (Å²) in [6, 6.07) is 7.29. The van der Waals surface area contributed by atoms with Gasteiger partial charge in [0.25, 0.3) is 5.91 Å². The van der Waals surface area contributed by atoms with Crippen LogP contribution in [-0.2, 0) is 19.4 Å². The van der Waals surface area contributed by atoms with Gasteiger partial charge in [0.15, 0.2) is 5.69 Å². The number of amides is 1. The predicted octanol–water partition coefficient (Wildman–Crippen LogP) is 4.95. The third-order valence-electron chi connectivity index (χ3n) is 4.25. The number of hydrogen-bond acceptors (Lipinski definition) is 5. The number of rotatable bonds is 7. The van der Waals surface area contributed by atoms with Crippen molar-refractivity contribution in [2.75, 3.05) is 6.54 Å². The van der Waals surface area contributed by atoms with Crippen LogP contribution in [0.25, 0.3) is 0 Å². The van der Waals surface area contributed by atoms with Crippen LogP contribution in [0.1, 0.15) is 21.6 Å². The Hall–Kier alpha value is -1.43. The van der Waals surface area contributed by atoms with Crippen LogP contribution >= 0.6 is 63.7 Å². The molecule has 11 heteroatoms. The minimum absolute atomic E-state index is 0.145. The van der Waals surface area contributed by atoms with E-state index in [0.717, 1.165) is 11.1 Å². The van der Waals surface area contributed by atoms with Crippen LogP contribution in [0.4, 0.5) is 0 Å². The van der Waals surface area contributed by atoms with Gasteiger partial charge in [-0.05, 0) is 112 Å². The number of aromatic nitrogens is 3. The lowest BCUT2D eigenvalue weighted by molar-refractivity contribution is 0.0949. The highest BCUT2D eigenvalue weighted by molar-refractivity contribution is 9.11. The molecule has 0 atom stereocenters. The molecule has 1 aromatic heterocycles. The summed E-state index contributed by atoms with van der Waals surface area (Å²) in [4.78, 5) is 12.3. The number of phenols is 2. The first-order valence-electron chi connectivity index (χ1n) is 8.76. The smallest absolute Gasteiger partial charge is 0.273 e. The molecule has 30 heavy (non-hydrogen) atoms. The fourth-order valence-corrected chi connectivity index (χ4v) is 5.25. The Morgan fingerprint density at radius 3 is 1.93 bits per heavy atom. The number of aromatic hydroxyl groups is 2. The van der Waals surface area contributed by atoms with E-state index in [0.29, 0.717) is 43.8 Å². The molecule has 0 spiro atoms. The van der Waals surface area contributed by atoms with E-state index in [2.05, 4.69) is 79.3 Å². The summed E-state index contributed by atoms with van der Waals surface area (Å²) in [5.74, 6) is 0.00480. The van der Waals surface area contributed by atoms with E-state index in [4.69, 9.17) is 0 Å². The fourth-order valence-electron chi connectivity index (χ4n) is 2.69. The third-order valence-corrected chi connectivity index (χ3v) is 6.67. The number of nitrogens with zero attached hydrogens (tertiary/aromatic N) is 3. The molecule has 1 heterocycles. The first-order valence-corrected chi connectivity index (χ1v) is 11.9. The molecular formula is C19H16Br4N4O3. The van der Waals surface area contributed by atoms with Crippen LogP contribution in [0.15, 0.2) is 48.4 Å². The summed E-state index contributed by atoms with van der Waals surface area (Å²) in [6.45, 7) is 0.963. The summed E-state index contributed by atoms with van der Waals surface area (Å²) in [7, 11) is 0. The lowest BCUT2D eigenvalue weighted by Gasteiger charge is -2.07. The molecule has 0 aliphatic heterocycles. The molecule has 0 saturated heterocycles. The topological polar surface area (TPSA) is 100 Å². The third kappa shape index (κ3) is 5.83. The molecule has 3 rings (SSSR count). The van der Waals surface area contributed by atoms with Crippen LogP contribution < -0.4 is 5.32 Å². The van der Waals surface area contributed by atoms with Crippen LogP contribution in [-0.4, -0.2) is 37.7 Å². The summed E-state index contributed by atoms with van der Waals surface area (Å²) < 4.78 is 4.01. The maximum atomic E-state index is 12.3. The molecule has 0 unspecified atom stereocenters. The summed E-state index contributed by atoms with van der Waals surface area (Å²) in [5.41, 5.74) is 2.21. The highest BCUT2D eigenvalue weighted by atomic mass is 79.9. The number of carbonyl (C=O) groups excluding carboxylic acids is 1. The number of halogens is 4. The lowest BCUT2D eigenvalue weighted by Crippen LogP contribution is -2.26. The van der Waals surface area contributed by atoms with Gasteiger partial charge in [0, 0.05) is 13.1 Å². The monoisotopic (exact) mass is 664 g/mol. The van der Waals surface area contributed by atoms with Crippen molar-refractivity contribution in [3.05, 3.63) is 65.2 Å². The molecular weight excluding hydrogens is 652 g/mol. The molecule has 3 N–H and O–H groups in total. The van der Waals surface area contributed by atoms with Crippen LogP contribution in [0.2, 0.25) is 0 Å². The van der Waals surface area contributed by atoms with E-state index in [9.17, 15) is 15.0 Å². The number of hydrogen-bond donors (Lipinski definition) is 3. The quantitative estimate of drug-likeness (QED) is 0.331. The first kappa shape index (κ1) is 23.2. The van der Waals surface area contributed by atoms with Crippen molar-refractivity contribution in [1.29, 1.82) is 0 Å². The second-order valence-corrected chi connectivity index (χ2v) is 9.86. The van der Waals surface area contributed by atoms with Crippen molar-refractivity contribution in [2.24, 2.45) is 0 Å². The molecule has 0 aliphatic rings. The number of phenolic OH excluding ortho intramolecular Hbond substituents is 2. The van der Waals surface area contributed by atoms with Crippen molar-refractivity contribution in [3.63, 3.8) is 0 Å². The molecule has 0 bridgehead atoms. The molecule has 0 aliphatic carbocycles. The van der Waals surface area contributed by atoms with Gasteiger partial charge < -0.3 is 15.5 Å². The van der Waals surface area contributed by atoms with Gasteiger partial charge in [0.1, 0.15) is 11.5 Å². The molecule has 7 nitrogen and oxygen atoms in total. The van der Waals surface area contributed by atoms with Crippen molar-refractivity contribution in [2.45, 2.75) is 19.4 Å². The Bertz CT molecular complexity index is 1040. The highest BCUT2D eigenvalue weighted by Crippen LogP contribution is 2.34. The van der Waals surface area contributed by atoms with Gasteiger partial charge in [-0.2, -0.15) is 0 Å². The van der Waals surface area contributed by atoms with Crippen molar-refractivity contribution in [3.8, 4) is 11.5 Å². The van der Waals surface area contributed by atoms with Crippen LogP contribution in [0, 0.1) is 0 Å². The zero-order valence-electron chi connectivity index (χ0n) is 15.4. The molecule has 0 saturated carbocycles. The van der Waals surface area contributed by atoms with Gasteiger partial charge in [-0.25, -0.2) is 0 Å². The van der Waals surface area contributed by atoms with E-state index in [1.807, 2.05) is 24.3 Å². The van der Waals surface area contributed by atoms with Crippen molar-refractivity contribution in [1.82, 2.24) is 20.3 Å². The number of benzene rings is 2. The lowest BCUT2D eigenvalue weighted by atomic mass is 10.1. The zero-order valence-corrected chi connectivity index (χ0v) is 21.7. The van der Waals surface area contributed by atoms with Crippen LogP contribution in [0.3, 0.4) is 0 Å². The minimum atomic E-state index is -0.298. The minimum Gasteiger partial charge on any atom is -0.506 e. The largest absolute Gasteiger partial charge is 0.506 e. The second kappa shape index (κ2) is 10.3. The Morgan fingerprint density at radius 2 is 1.40 bits per heavy atom. The van der Waals surface area contributed by atoms with Gasteiger partial charge in [0.2, 0.25) is 0 Å². The van der Waals surface area contributed by atoms with E-state index >= 15 is 0 Å². The Kier molecular flexibility index (Phi) is 7.94. The molecule has 0 fully saturated rings. The second-order valence-electron chi connectivity index (χ2n) is 6.44. The van der Waals surface area contributed by atoms with Crippen molar-refractivity contribution >= 4 is 69.6 Å². The van der Waals surface area contributed by atoms with Crippen molar-refractivity contribution < 1.29 is 15.0 Å².